The average Bonchev–Trinajstić information content (AvgIpc) is 2.37. The Kier molecular flexibility index (Phi) is 3.91. The Hall–Kier alpha value is -1.20. The molecule has 17 heavy (non-hydrogen) atoms. The molecule has 1 heterocycles. The number of thioether (sulfide) groups is 1. The number of hydrogen-bond donors (Lipinski definition) is 1. The smallest absolute Gasteiger partial charge is 0.240 e. The molecule has 0 saturated heterocycles. The normalized spacial score (nSPS) is 14.4. The lowest BCUT2D eigenvalue weighted by molar-refractivity contribution is -0.117. The summed E-state index contributed by atoms with van der Waals surface area (Å²) in [6, 6.07) is 5.83. The Labute approximate surface area is 105 Å². The van der Waals surface area contributed by atoms with Gasteiger partial charge in [-0.1, -0.05) is 0 Å². The first-order valence-corrected chi connectivity index (χ1v) is 6.50. The van der Waals surface area contributed by atoms with E-state index in [1.807, 2.05) is 23.1 Å². The van der Waals surface area contributed by atoms with E-state index in [1.165, 1.54) is 0 Å². The van der Waals surface area contributed by atoms with Crippen molar-refractivity contribution in [2.24, 2.45) is 0 Å². The van der Waals surface area contributed by atoms with E-state index in [0.717, 1.165) is 28.6 Å². The second-order valence-electron chi connectivity index (χ2n) is 3.76. The number of hydrogen-bond acceptors (Lipinski definition) is 4. The van der Waals surface area contributed by atoms with E-state index >= 15 is 0 Å². The van der Waals surface area contributed by atoms with Gasteiger partial charge in [-0.05, 0) is 25.2 Å². The Balaban J connectivity index is 2.28. The van der Waals surface area contributed by atoms with E-state index in [-0.39, 0.29) is 5.91 Å². The summed E-state index contributed by atoms with van der Waals surface area (Å²) in [5, 5.41) is 2.90. The molecule has 0 unspecified atom stereocenters. The maximum Gasteiger partial charge on any atom is 0.240 e. The van der Waals surface area contributed by atoms with Crippen molar-refractivity contribution in [1.82, 2.24) is 5.32 Å². The highest BCUT2D eigenvalue weighted by Gasteiger charge is 2.22. The van der Waals surface area contributed by atoms with Crippen LogP contribution in [-0.2, 0) is 4.79 Å². The first kappa shape index (κ1) is 12.3. The molecular formula is C12H16N2O2S. The number of carbonyl (C=O) groups is 1. The van der Waals surface area contributed by atoms with Gasteiger partial charge in [-0.3, -0.25) is 4.79 Å². The summed E-state index contributed by atoms with van der Waals surface area (Å²) in [7, 11) is 3.44. The maximum absolute atomic E-state index is 11.9. The Morgan fingerprint density at radius 2 is 2.41 bits per heavy atom. The van der Waals surface area contributed by atoms with Crippen LogP contribution >= 0.6 is 11.8 Å². The summed E-state index contributed by atoms with van der Waals surface area (Å²) in [5.41, 5.74) is 0.988. The molecule has 0 saturated carbocycles. The van der Waals surface area contributed by atoms with Gasteiger partial charge in [-0.2, -0.15) is 0 Å². The standard InChI is InChI=1S/C12H16N2O2S/c1-13-8-12(15)14-5-6-17-11-7-9(16-2)3-4-10(11)14/h3-4,7,13H,5-6,8H2,1-2H3. The number of carbonyl (C=O) groups excluding carboxylic acids is 1. The van der Waals surface area contributed by atoms with E-state index in [1.54, 1.807) is 25.9 Å². The summed E-state index contributed by atoms with van der Waals surface area (Å²) in [6.45, 7) is 1.14. The van der Waals surface area contributed by atoms with Gasteiger partial charge in [0.2, 0.25) is 5.91 Å². The molecule has 1 aromatic rings. The van der Waals surface area contributed by atoms with Gasteiger partial charge in [0.25, 0.3) is 0 Å². The highest BCUT2D eigenvalue weighted by Crippen LogP contribution is 2.37. The van der Waals surface area contributed by atoms with Gasteiger partial charge in [0, 0.05) is 17.2 Å². The van der Waals surface area contributed by atoms with Crippen LogP contribution in [0.2, 0.25) is 0 Å². The van der Waals surface area contributed by atoms with Crippen molar-refractivity contribution in [2.75, 3.05) is 37.9 Å². The van der Waals surface area contributed by atoms with E-state index in [0.29, 0.717) is 6.54 Å². The quantitative estimate of drug-likeness (QED) is 0.882. The van der Waals surface area contributed by atoms with Crippen LogP contribution in [0.25, 0.3) is 0 Å². The van der Waals surface area contributed by atoms with Gasteiger partial charge in [-0.15, -0.1) is 11.8 Å². The molecule has 1 N–H and O–H groups in total. The number of nitrogens with zero attached hydrogens (tertiary/aromatic N) is 1. The predicted molar refractivity (Wildman–Crippen MR) is 70.0 cm³/mol. The molecule has 1 aliphatic rings. The molecule has 0 aromatic heterocycles. The van der Waals surface area contributed by atoms with Crippen LogP contribution < -0.4 is 15.0 Å². The van der Waals surface area contributed by atoms with Gasteiger partial charge in [-0.25, -0.2) is 0 Å². The fourth-order valence-electron chi connectivity index (χ4n) is 1.83. The lowest BCUT2D eigenvalue weighted by Gasteiger charge is -2.29. The van der Waals surface area contributed by atoms with Crippen LogP contribution in [0.4, 0.5) is 5.69 Å². The van der Waals surface area contributed by atoms with Crippen LogP contribution in [0.5, 0.6) is 5.75 Å². The molecule has 0 atom stereocenters. The maximum atomic E-state index is 11.9. The minimum Gasteiger partial charge on any atom is -0.497 e. The van der Waals surface area contributed by atoms with Gasteiger partial charge in [0.15, 0.2) is 0 Å². The average molecular weight is 252 g/mol. The third-order valence-corrected chi connectivity index (χ3v) is 3.68. The summed E-state index contributed by atoms with van der Waals surface area (Å²) < 4.78 is 5.19. The van der Waals surface area contributed by atoms with E-state index < -0.39 is 0 Å². The third-order valence-electron chi connectivity index (χ3n) is 2.66. The molecule has 92 valence electrons. The van der Waals surface area contributed by atoms with Crippen molar-refractivity contribution in [2.45, 2.75) is 4.90 Å². The predicted octanol–water partition coefficient (Wildman–Crippen LogP) is 1.35. The molecular weight excluding hydrogens is 236 g/mol. The number of benzene rings is 1. The molecule has 2 rings (SSSR count). The first-order valence-electron chi connectivity index (χ1n) is 5.52. The summed E-state index contributed by atoms with van der Waals surface area (Å²) in [5.74, 6) is 1.87. The van der Waals surface area contributed by atoms with Crippen molar-refractivity contribution in [3.05, 3.63) is 18.2 Å². The van der Waals surface area contributed by atoms with Gasteiger partial charge >= 0.3 is 0 Å². The Morgan fingerprint density at radius 1 is 1.59 bits per heavy atom. The first-order chi connectivity index (χ1) is 8.26. The van der Waals surface area contributed by atoms with E-state index in [9.17, 15) is 4.79 Å². The molecule has 5 heteroatoms. The topological polar surface area (TPSA) is 41.6 Å². The Morgan fingerprint density at radius 3 is 3.12 bits per heavy atom. The highest BCUT2D eigenvalue weighted by molar-refractivity contribution is 7.99. The van der Waals surface area contributed by atoms with Crippen LogP contribution in [0.15, 0.2) is 23.1 Å². The van der Waals surface area contributed by atoms with Crippen molar-refractivity contribution in [3.8, 4) is 5.75 Å². The zero-order valence-corrected chi connectivity index (χ0v) is 10.8. The number of anilines is 1. The fourth-order valence-corrected chi connectivity index (χ4v) is 2.85. The third kappa shape index (κ3) is 2.56. The lowest BCUT2D eigenvalue weighted by atomic mass is 10.2. The highest BCUT2D eigenvalue weighted by atomic mass is 32.2. The lowest BCUT2D eigenvalue weighted by Crippen LogP contribution is -2.40. The van der Waals surface area contributed by atoms with E-state index in [2.05, 4.69) is 5.32 Å². The minimum absolute atomic E-state index is 0.110. The summed E-state index contributed by atoms with van der Waals surface area (Å²) >= 11 is 1.76. The number of methoxy groups -OCH3 is 1. The molecule has 1 amide bonds. The number of fused-ring (bicyclic) bond motifs is 1. The number of nitrogens with one attached hydrogen (secondary N) is 1. The molecule has 0 aliphatic carbocycles. The fraction of sp³-hybridized carbons (Fsp3) is 0.417. The molecule has 0 bridgehead atoms. The second kappa shape index (κ2) is 5.42. The number of likely N-dealkylation sites (N-methyl/N-ethyl adjacent to an activating group) is 1. The Bertz CT molecular complexity index is 423. The summed E-state index contributed by atoms with van der Waals surface area (Å²) in [4.78, 5) is 14.9. The minimum atomic E-state index is 0.110. The zero-order valence-electron chi connectivity index (χ0n) is 10.0. The SMILES string of the molecule is CNCC(=O)N1CCSc2cc(OC)ccc21. The van der Waals surface area contributed by atoms with Crippen molar-refractivity contribution in [1.29, 1.82) is 0 Å². The van der Waals surface area contributed by atoms with Crippen LogP contribution in [0.1, 0.15) is 0 Å². The van der Waals surface area contributed by atoms with E-state index in [4.69, 9.17) is 4.74 Å². The monoisotopic (exact) mass is 252 g/mol. The number of ether oxygens (including phenoxy) is 1. The van der Waals surface area contributed by atoms with Crippen molar-refractivity contribution in [3.63, 3.8) is 0 Å². The van der Waals surface area contributed by atoms with Gasteiger partial charge < -0.3 is 15.0 Å². The van der Waals surface area contributed by atoms with Crippen LogP contribution in [0.3, 0.4) is 0 Å². The molecule has 4 nitrogen and oxygen atoms in total. The van der Waals surface area contributed by atoms with Crippen LogP contribution in [-0.4, -0.2) is 38.9 Å². The van der Waals surface area contributed by atoms with Crippen molar-refractivity contribution >= 4 is 23.4 Å². The largest absolute Gasteiger partial charge is 0.497 e. The van der Waals surface area contributed by atoms with Gasteiger partial charge in [0.05, 0.1) is 19.3 Å². The van der Waals surface area contributed by atoms with Crippen molar-refractivity contribution < 1.29 is 9.53 Å². The zero-order chi connectivity index (χ0) is 12.3. The molecule has 1 aromatic carbocycles. The molecule has 0 spiro atoms. The molecule has 0 fully saturated rings. The number of amides is 1. The molecule has 0 radical (unpaired) electrons. The molecule has 1 aliphatic heterocycles. The number of rotatable bonds is 3. The summed E-state index contributed by atoms with van der Waals surface area (Å²) in [6.07, 6.45) is 0. The second-order valence-corrected chi connectivity index (χ2v) is 4.89. The van der Waals surface area contributed by atoms with Crippen LogP contribution in [0, 0.1) is 0 Å². The van der Waals surface area contributed by atoms with Gasteiger partial charge in [0.1, 0.15) is 5.75 Å².